The summed E-state index contributed by atoms with van der Waals surface area (Å²) in [4.78, 5) is 4.66. The van der Waals surface area contributed by atoms with E-state index in [0.717, 1.165) is 41.4 Å². The number of allylic oxidation sites excluding steroid dienone is 1. The summed E-state index contributed by atoms with van der Waals surface area (Å²) in [5, 5.41) is 3.71. The van der Waals surface area contributed by atoms with Gasteiger partial charge in [-0.2, -0.15) is 0 Å². The number of aromatic nitrogens is 1. The molecule has 6 atom stereocenters. The SMILES string of the molecule is C=C(Nc1ccc(C)nc1C)C1CCC(C2CCC(CC)C[C@@](C)(COC)CC2)C1(C)CCC. The number of rotatable bonds is 9. The zero-order valence-electron chi connectivity index (χ0n) is 23.3. The van der Waals surface area contributed by atoms with Gasteiger partial charge in [-0.25, -0.2) is 0 Å². The van der Waals surface area contributed by atoms with E-state index < -0.39 is 0 Å². The summed E-state index contributed by atoms with van der Waals surface area (Å²) in [6, 6.07) is 4.27. The van der Waals surface area contributed by atoms with Gasteiger partial charge in [-0.05, 0) is 99.5 Å². The average Bonchev–Trinajstić information content (AvgIpc) is 3.10. The summed E-state index contributed by atoms with van der Waals surface area (Å²) in [6.45, 7) is 19.5. The van der Waals surface area contributed by atoms with Crippen molar-refractivity contribution in [2.75, 3.05) is 19.0 Å². The number of aryl methyl sites for hydroxylation is 2. The minimum Gasteiger partial charge on any atom is -0.384 e. The van der Waals surface area contributed by atoms with E-state index in [-0.39, 0.29) is 0 Å². The van der Waals surface area contributed by atoms with Crippen LogP contribution in [0.25, 0.3) is 0 Å². The van der Waals surface area contributed by atoms with Crippen LogP contribution in [0.15, 0.2) is 24.4 Å². The van der Waals surface area contributed by atoms with Gasteiger partial charge in [-0.1, -0.05) is 53.5 Å². The summed E-state index contributed by atoms with van der Waals surface area (Å²) in [5.41, 5.74) is 5.10. The van der Waals surface area contributed by atoms with E-state index in [0.29, 0.717) is 16.7 Å². The highest BCUT2D eigenvalue weighted by Crippen LogP contribution is 2.58. The summed E-state index contributed by atoms with van der Waals surface area (Å²) in [5.74, 6) is 2.97. The third kappa shape index (κ3) is 6.07. The van der Waals surface area contributed by atoms with Gasteiger partial charge in [0, 0.05) is 24.4 Å². The van der Waals surface area contributed by atoms with Crippen LogP contribution in [-0.2, 0) is 4.74 Å². The van der Waals surface area contributed by atoms with Gasteiger partial charge in [0.15, 0.2) is 0 Å². The minimum absolute atomic E-state index is 0.314. The maximum atomic E-state index is 5.71. The molecular formula is C31H52N2O. The molecule has 0 aliphatic heterocycles. The zero-order valence-corrected chi connectivity index (χ0v) is 23.3. The molecule has 2 saturated carbocycles. The summed E-state index contributed by atoms with van der Waals surface area (Å²) >= 11 is 0. The van der Waals surface area contributed by atoms with Gasteiger partial charge in [-0.15, -0.1) is 0 Å². The number of methoxy groups -OCH3 is 1. The fraction of sp³-hybridized carbons (Fsp3) is 0.774. The molecule has 2 fully saturated rings. The largest absolute Gasteiger partial charge is 0.384 e. The maximum Gasteiger partial charge on any atom is 0.0610 e. The molecule has 0 bridgehead atoms. The van der Waals surface area contributed by atoms with Gasteiger partial charge >= 0.3 is 0 Å². The molecule has 5 unspecified atom stereocenters. The van der Waals surface area contributed by atoms with Gasteiger partial charge in [0.2, 0.25) is 0 Å². The summed E-state index contributed by atoms with van der Waals surface area (Å²) < 4.78 is 5.71. The Bertz CT molecular complexity index is 820. The Hall–Kier alpha value is -1.35. The quantitative estimate of drug-likeness (QED) is 0.393. The number of ether oxygens (including phenoxy) is 1. The number of hydrogen-bond donors (Lipinski definition) is 1. The number of pyridine rings is 1. The molecule has 0 amide bonds. The first-order chi connectivity index (χ1) is 16.2. The lowest BCUT2D eigenvalue weighted by Crippen LogP contribution is -2.37. The van der Waals surface area contributed by atoms with Crippen molar-refractivity contribution in [1.29, 1.82) is 0 Å². The first-order valence-corrected chi connectivity index (χ1v) is 14.0. The van der Waals surface area contributed by atoms with E-state index in [1.54, 1.807) is 0 Å². The van der Waals surface area contributed by atoms with Crippen molar-refractivity contribution in [3.8, 4) is 0 Å². The molecule has 2 aliphatic rings. The number of hydrogen-bond acceptors (Lipinski definition) is 3. The highest BCUT2D eigenvalue weighted by atomic mass is 16.5. The second-order valence-corrected chi connectivity index (χ2v) is 12.3. The molecule has 3 rings (SSSR count). The molecule has 1 N–H and O–H groups in total. The van der Waals surface area contributed by atoms with Crippen LogP contribution < -0.4 is 5.32 Å². The van der Waals surface area contributed by atoms with E-state index in [9.17, 15) is 0 Å². The third-order valence-corrected chi connectivity index (χ3v) is 9.62. The van der Waals surface area contributed by atoms with Crippen molar-refractivity contribution in [2.24, 2.45) is 34.5 Å². The van der Waals surface area contributed by atoms with Crippen LogP contribution in [-0.4, -0.2) is 18.7 Å². The van der Waals surface area contributed by atoms with E-state index in [4.69, 9.17) is 4.74 Å². The normalized spacial score (nSPS) is 34.4. The van der Waals surface area contributed by atoms with E-state index in [1.807, 2.05) is 7.11 Å². The molecule has 2 aliphatic carbocycles. The Labute approximate surface area is 210 Å². The number of anilines is 1. The van der Waals surface area contributed by atoms with E-state index in [2.05, 4.69) is 70.6 Å². The third-order valence-electron chi connectivity index (χ3n) is 9.62. The Morgan fingerprint density at radius 3 is 2.53 bits per heavy atom. The van der Waals surface area contributed by atoms with Crippen LogP contribution in [0.1, 0.15) is 103 Å². The fourth-order valence-electron chi connectivity index (χ4n) is 7.85. The van der Waals surface area contributed by atoms with Crippen molar-refractivity contribution in [2.45, 2.75) is 106 Å². The van der Waals surface area contributed by atoms with Crippen LogP contribution in [0.5, 0.6) is 0 Å². The Morgan fingerprint density at radius 2 is 1.88 bits per heavy atom. The molecule has 1 aromatic rings. The average molecular weight is 469 g/mol. The molecule has 0 saturated heterocycles. The number of nitrogens with zero attached hydrogens (tertiary/aromatic N) is 1. The predicted octanol–water partition coefficient (Wildman–Crippen LogP) is 8.72. The molecule has 3 nitrogen and oxygen atoms in total. The van der Waals surface area contributed by atoms with Crippen molar-refractivity contribution < 1.29 is 4.74 Å². The molecule has 34 heavy (non-hydrogen) atoms. The lowest BCUT2D eigenvalue weighted by atomic mass is 9.61. The molecule has 192 valence electrons. The molecule has 1 aromatic heterocycles. The topological polar surface area (TPSA) is 34.2 Å². The molecule has 3 heteroatoms. The zero-order chi connectivity index (χ0) is 24.9. The molecular weight excluding hydrogens is 416 g/mol. The fourth-order valence-corrected chi connectivity index (χ4v) is 7.85. The van der Waals surface area contributed by atoms with Crippen molar-refractivity contribution in [3.05, 3.63) is 35.8 Å². The Balaban J connectivity index is 1.80. The molecule has 0 radical (unpaired) electrons. The lowest BCUT2D eigenvalue weighted by molar-refractivity contribution is 0.0285. The Morgan fingerprint density at radius 1 is 1.12 bits per heavy atom. The standard InChI is InChI=1S/C31H52N2O/c1-9-18-31(7)27(23(4)33-29-16-11-22(3)32-24(29)5)14-15-28(31)26-13-12-25(10-2)20-30(6,19-17-26)21-34-8/h11,16,25-28,33H,4,9-10,12-15,17-21H2,1-3,5-8H3/t25?,26?,27?,28?,30-,31?/m0/s1. The lowest BCUT2D eigenvalue weighted by Gasteiger charge is -2.44. The van der Waals surface area contributed by atoms with Gasteiger partial charge in [0.1, 0.15) is 0 Å². The van der Waals surface area contributed by atoms with Gasteiger partial charge in [-0.3, -0.25) is 4.98 Å². The summed E-state index contributed by atoms with van der Waals surface area (Å²) in [7, 11) is 1.88. The van der Waals surface area contributed by atoms with Gasteiger partial charge in [0.05, 0.1) is 18.0 Å². The van der Waals surface area contributed by atoms with Crippen LogP contribution in [0.3, 0.4) is 0 Å². The van der Waals surface area contributed by atoms with Gasteiger partial charge in [0.25, 0.3) is 0 Å². The van der Waals surface area contributed by atoms with Crippen molar-refractivity contribution >= 4 is 5.69 Å². The first-order valence-electron chi connectivity index (χ1n) is 14.0. The molecule has 0 aromatic carbocycles. The van der Waals surface area contributed by atoms with Crippen LogP contribution in [0, 0.1) is 48.3 Å². The van der Waals surface area contributed by atoms with Crippen molar-refractivity contribution in [3.63, 3.8) is 0 Å². The van der Waals surface area contributed by atoms with Crippen LogP contribution in [0.4, 0.5) is 5.69 Å². The monoisotopic (exact) mass is 468 g/mol. The Kier molecular flexibility index (Phi) is 9.29. The second-order valence-electron chi connectivity index (χ2n) is 12.3. The summed E-state index contributed by atoms with van der Waals surface area (Å²) in [6.07, 6.45) is 13.2. The van der Waals surface area contributed by atoms with E-state index >= 15 is 0 Å². The molecule has 1 heterocycles. The van der Waals surface area contributed by atoms with Gasteiger partial charge < -0.3 is 10.1 Å². The number of nitrogens with one attached hydrogen (secondary N) is 1. The highest BCUT2D eigenvalue weighted by Gasteiger charge is 2.50. The minimum atomic E-state index is 0.314. The van der Waals surface area contributed by atoms with Crippen LogP contribution in [0.2, 0.25) is 0 Å². The molecule has 0 spiro atoms. The van der Waals surface area contributed by atoms with Crippen LogP contribution >= 0.6 is 0 Å². The predicted molar refractivity (Wildman–Crippen MR) is 146 cm³/mol. The van der Waals surface area contributed by atoms with E-state index in [1.165, 1.54) is 69.9 Å². The first kappa shape index (κ1) is 27.2. The van der Waals surface area contributed by atoms with Crippen molar-refractivity contribution in [1.82, 2.24) is 4.98 Å². The maximum absolute atomic E-state index is 5.71. The smallest absolute Gasteiger partial charge is 0.0610 e. The second kappa shape index (κ2) is 11.6. The highest BCUT2D eigenvalue weighted by molar-refractivity contribution is 5.52.